The van der Waals surface area contributed by atoms with Crippen LogP contribution in [0.3, 0.4) is 0 Å². The Bertz CT molecular complexity index is 870. The van der Waals surface area contributed by atoms with E-state index in [1.165, 1.54) is 0 Å². The summed E-state index contributed by atoms with van der Waals surface area (Å²) in [6, 6.07) is 14.4. The number of hydrogen-bond acceptors (Lipinski definition) is 2. The zero-order valence-electron chi connectivity index (χ0n) is 11.9. The second-order valence-electron chi connectivity index (χ2n) is 4.84. The van der Waals surface area contributed by atoms with E-state index in [0.717, 1.165) is 11.1 Å². The quantitative estimate of drug-likeness (QED) is 0.694. The summed E-state index contributed by atoms with van der Waals surface area (Å²) in [5.74, 6) is 6.39. The van der Waals surface area contributed by atoms with Gasteiger partial charge in [-0.25, -0.2) is 0 Å². The minimum absolute atomic E-state index is 0.191. The molecule has 3 nitrogen and oxygen atoms in total. The Morgan fingerprint density at radius 1 is 1.05 bits per heavy atom. The van der Waals surface area contributed by atoms with Gasteiger partial charge >= 0.3 is 0 Å². The van der Waals surface area contributed by atoms with Crippen molar-refractivity contribution in [3.63, 3.8) is 0 Å². The van der Waals surface area contributed by atoms with Crippen molar-refractivity contribution in [3.8, 4) is 28.8 Å². The van der Waals surface area contributed by atoms with Crippen LogP contribution in [0.4, 0.5) is 0 Å². The maximum atomic E-state index is 10.0. The number of hydrogen-bond donors (Lipinski definition) is 1. The minimum atomic E-state index is 0.191. The lowest BCUT2D eigenvalue weighted by atomic mass is 10.1. The zero-order chi connectivity index (χ0) is 15.5. The SMILES string of the molecule is Cn1cc(C#Cc2ccc(Cl)cc2)c(-c2ccccc2O)n1. The molecular weight excluding hydrogens is 296 g/mol. The number of benzene rings is 2. The van der Waals surface area contributed by atoms with Gasteiger partial charge in [0.1, 0.15) is 11.4 Å². The molecule has 0 bridgehead atoms. The van der Waals surface area contributed by atoms with Gasteiger partial charge in [-0.15, -0.1) is 0 Å². The van der Waals surface area contributed by atoms with Gasteiger partial charge in [0.05, 0.1) is 5.56 Å². The Labute approximate surface area is 133 Å². The molecule has 0 aliphatic rings. The zero-order valence-corrected chi connectivity index (χ0v) is 12.7. The highest BCUT2D eigenvalue weighted by Gasteiger charge is 2.11. The molecule has 0 atom stereocenters. The van der Waals surface area contributed by atoms with Crippen LogP contribution in [0.25, 0.3) is 11.3 Å². The van der Waals surface area contributed by atoms with Crippen LogP contribution in [0.5, 0.6) is 5.75 Å². The summed E-state index contributed by atoms with van der Waals surface area (Å²) in [4.78, 5) is 0. The number of aromatic hydroxyl groups is 1. The van der Waals surface area contributed by atoms with E-state index in [-0.39, 0.29) is 5.75 Å². The van der Waals surface area contributed by atoms with E-state index in [4.69, 9.17) is 11.6 Å². The molecule has 0 fully saturated rings. The van der Waals surface area contributed by atoms with E-state index in [2.05, 4.69) is 16.9 Å². The van der Waals surface area contributed by atoms with Gasteiger partial charge in [0.25, 0.3) is 0 Å². The van der Waals surface area contributed by atoms with E-state index in [0.29, 0.717) is 16.3 Å². The van der Waals surface area contributed by atoms with Crippen molar-refractivity contribution in [2.75, 3.05) is 0 Å². The standard InChI is InChI=1S/C18H13ClN2O/c1-21-12-14(9-6-13-7-10-15(19)11-8-13)18(20-21)16-4-2-3-5-17(16)22/h2-5,7-8,10-12,22H,1H3. The van der Waals surface area contributed by atoms with Gasteiger partial charge in [-0.3, -0.25) is 4.68 Å². The summed E-state index contributed by atoms with van der Waals surface area (Å²) in [5.41, 5.74) is 2.97. The molecule has 0 spiro atoms. The molecule has 2 aromatic carbocycles. The first-order valence-electron chi connectivity index (χ1n) is 6.73. The fourth-order valence-electron chi connectivity index (χ4n) is 2.13. The molecule has 0 saturated heterocycles. The third kappa shape index (κ3) is 2.98. The number of nitrogens with zero attached hydrogens (tertiary/aromatic N) is 2. The monoisotopic (exact) mass is 308 g/mol. The van der Waals surface area contributed by atoms with Gasteiger partial charge in [-0.05, 0) is 36.4 Å². The number of para-hydroxylation sites is 1. The van der Waals surface area contributed by atoms with Crippen molar-refractivity contribution in [3.05, 3.63) is 70.9 Å². The lowest BCUT2D eigenvalue weighted by Crippen LogP contribution is -1.88. The highest BCUT2D eigenvalue weighted by molar-refractivity contribution is 6.30. The number of rotatable bonds is 1. The maximum Gasteiger partial charge on any atom is 0.125 e. The maximum absolute atomic E-state index is 10.0. The van der Waals surface area contributed by atoms with Crippen LogP contribution in [0.1, 0.15) is 11.1 Å². The van der Waals surface area contributed by atoms with E-state index >= 15 is 0 Å². The Kier molecular flexibility index (Phi) is 3.86. The van der Waals surface area contributed by atoms with Crippen molar-refractivity contribution in [1.29, 1.82) is 0 Å². The number of aromatic nitrogens is 2. The van der Waals surface area contributed by atoms with E-state index in [1.54, 1.807) is 28.9 Å². The van der Waals surface area contributed by atoms with E-state index in [1.807, 2.05) is 37.5 Å². The molecule has 3 aromatic rings. The lowest BCUT2D eigenvalue weighted by molar-refractivity contribution is 0.477. The first kappa shape index (κ1) is 14.2. The second kappa shape index (κ2) is 5.97. The summed E-state index contributed by atoms with van der Waals surface area (Å²) < 4.78 is 1.69. The molecule has 0 radical (unpaired) electrons. The lowest BCUT2D eigenvalue weighted by Gasteiger charge is -2.00. The molecule has 0 amide bonds. The number of aryl methyl sites for hydroxylation is 1. The molecule has 1 N–H and O–H groups in total. The smallest absolute Gasteiger partial charge is 0.125 e. The summed E-state index contributed by atoms with van der Waals surface area (Å²) in [7, 11) is 1.83. The predicted octanol–water partition coefficient (Wildman–Crippen LogP) is 3.85. The second-order valence-corrected chi connectivity index (χ2v) is 5.28. The van der Waals surface area contributed by atoms with Crippen molar-refractivity contribution >= 4 is 11.6 Å². The molecule has 0 saturated carbocycles. The summed E-state index contributed by atoms with van der Waals surface area (Å²) in [6.07, 6.45) is 1.84. The van der Waals surface area contributed by atoms with Gasteiger partial charge in [-0.2, -0.15) is 5.10 Å². The summed E-state index contributed by atoms with van der Waals surface area (Å²) in [5, 5.41) is 15.1. The number of halogens is 1. The Morgan fingerprint density at radius 2 is 1.77 bits per heavy atom. The third-order valence-electron chi connectivity index (χ3n) is 3.17. The first-order valence-corrected chi connectivity index (χ1v) is 7.11. The molecule has 0 aliphatic heterocycles. The van der Waals surface area contributed by atoms with Crippen LogP contribution in [0.2, 0.25) is 5.02 Å². The van der Waals surface area contributed by atoms with Gasteiger partial charge in [0.2, 0.25) is 0 Å². The van der Waals surface area contributed by atoms with Crippen molar-refractivity contribution in [1.82, 2.24) is 9.78 Å². The van der Waals surface area contributed by atoms with Gasteiger partial charge in [0.15, 0.2) is 0 Å². The molecule has 3 rings (SSSR count). The Morgan fingerprint density at radius 3 is 2.50 bits per heavy atom. The van der Waals surface area contributed by atoms with Crippen LogP contribution in [-0.4, -0.2) is 14.9 Å². The number of phenols is 1. The highest BCUT2D eigenvalue weighted by atomic mass is 35.5. The minimum Gasteiger partial charge on any atom is -0.507 e. The molecule has 0 aliphatic carbocycles. The molecule has 108 valence electrons. The topological polar surface area (TPSA) is 38.0 Å². The van der Waals surface area contributed by atoms with Crippen molar-refractivity contribution in [2.45, 2.75) is 0 Å². The Hall–Kier alpha value is -2.70. The fraction of sp³-hybridized carbons (Fsp3) is 0.0556. The molecule has 22 heavy (non-hydrogen) atoms. The number of phenolic OH excluding ortho intramolecular Hbond substituents is 1. The molecular formula is C18H13ClN2O. The third-order valence-corrected chi connectivity index (χ3v) is 3.43. The van der Waals surface area contributed by atoms with Crippen molar-refractivity contribution < 1.29 is 5.11 Å². The summed E-state index contributed by atoms with van der Waals surface area (Å²) in [6.45, 7) is 0. The molecule has 1 aromatic heterocycles. The van der Waals surface area contributed by atoms with Crippen LogP contribution in [0, 0.1) is 11.8 Å². The van der Waals surface area contributed by atoms with Crippen molar-refractivity contribution in [2.24, 2.45) is 7.05 Å². The van der Waals surface area contributed by atoms with Crippen LogP contribution < -0.4 is 0 Å². The molecule has 1 heterocycles. The van der Waals surface area contributed by atoms with E-state index in [9.17, 15) is 5.11 Å². The van der Waals surface area contributed by atoms with E-state index < -0.39 is 0 Å². The van der Waals surface area contributed by atoms with Gasteiger partial charge in [0, 0.05) is 29.4 Å². The fourth-order valence-corrected chi connectivity index (χ4v) is 2.25. The van der Waals surface area contributed by atoms with Crippen LogP contribution >= 0.6 is 11.6 Å². The molecule has 4 heteroatoms. The van der Waals surface area contributed by atoms with Crippen LogP contribution in [0.15, 0.2) is 54.7 Å². The average Bonchev–Trinajstić information content (AvgIpc) is 2.88. The van der Waals surface area contributed by atoms with Gasteiger partial charge < -0.3 is 5.11 Å². The van der Waals surface area contributed by atoms with Gasteiger partial charge in [-0.1, -0.05) is 35.6 Å². The largest absolute Gasteiger partial charge is 0.507 e. The van der Waals surface area contributed by atoms with Crippen LogP contribution in [-0.2, 0) is 7.05 Å². The summed E-state index contributed by atoms with van der Waals surface area (Å²) >= 11 is 5.87. The predicted molar refractivity (Wildman–Crippen MR) is 87.7 cm³/mol. The Balaban J connectivity index is 2.03. The first-order chi connectivity index (χ1) is 10.6. The molecule has 0 unspecified atom stereocenters. The average molecular weight is 309 g/mol. The normalized spacial score (nSPS) is 10.1. The highest BCUT2D eigenvalue weighted by Crippen LogP contribution is 2.29.